The molecule has 0 saturated heterocycles. The molecule has 1 heterocycles. The summed E-state index contributed by atoms with van der Waals surface area (Å²) in [5.41, 5.74) is 6.31. The number of aliphatic hydroxyl groups is 2. The highest BCUT2D eigenvalue weighted by Crippen LogP contribution is 2.48. The lowest BCUT2D eigenvalue weighted by atomic mass is 9.71. The van der Waals surface area contributed by atoms with Gasteiger partial charge in [-0.15, -0.1) is 0 Å². The Hall–Kier alpha value is -2.04. The predicted molar refractivity (Wildman–Crippen MR) is 118 cm³/mol. The van der Waals surface area contributed by atoms with Gasteiger partial charge in [-0.2, -0.15) is 0 Å². The monoisotopic (exact) mass is 409 g/mol. The Balaban J connectivity index is 2.00. The largest absolute Gasteiger partial charge is 0.388 e. The van der Waals surface area contributed by atoms with Crippen molar-refractivity contribution in [2.45, 2.75) is 77.9 Å². The zero-order valence-corrected chi connectivity index (χ0v) is 18.4. The van der Waals surface area contributed by atoms with Crippen LogP contribution in [0.2, 0.25) is 0 Å². The van der Waals surface area contributed by atoms with Gasteiger partial charge in [0.1, 0.15) is 11.9 Å². The van der Waals surface area contributed by atoms with Gasteiger partial charge in [0.15, 0.2) is 0 Å². The molecule has 0 spiro atoms. The topological polar surface area (TPSA) is 53.4 Å². The summed E-state index contributed by atoms with van der Waals surface area (Å²) in [6, 6.07) is 6.03. The molecule has 0 amide bonds. The van der Waals surface area contributed by atoms with Gasteiger partial charge in [-0.25, -0.2) is 4.39 Å². The van der Waals surface area contributed by atoms with E-state index in [4.69, 9.17) is 4.98 Å². The molecule has 160 valence electrons. The van der Waals surface area contributed by atoms with E-state index in [1.54, 1.807) is 12.1 Å². The lowest BCUT2D eigenvalue weighted by Gasteiger charge is -2.37. The van der Waals surface area contributed by atoms with Crippen LogP contribution in [0.1, 0.15) is 105 Å². The van der Waals surface area contributed by atoms with E-state index >= 15 is 0 Å². The smallest absolute Gasteiger partial charge is 0.123 e. The molecule has 2 unspecified atom stereocenters. The molecule has 0 radical (unpaired) electrons. The molecular weight excluding hydrogens is 377 g/mol. The van der Waals surface area contributed by atoms with E-state index in [0.717, 1.165) is 53.8 Å². The maximum atomic E-state index is 13.5. The molecule has 2 aromatic rings. The number of fused-ring (bicyclic) bond motifs is 1. The second-order valence-corrected chi connectivity index (χ2v) is 9.94. The Kier molecular flexibility index (Phi) is 5.58. The van der Waals surface area contributed by atoms with E-state index in [1.165, 1.54) is 17.7 Å². The fourth-order valence-electron chi connectivity index (χ4n) is 5.10. The summed E-state index contributed by atoms with van der Waals surface area (Å²) in [5.74, 6) is -0.210. The van der Waals surface area contributed by atoms with Crippen LogP contribution in [-0.2, 0) is 6.42 Å². The molecule has 1 aromatic heterocycles. The van der Waals surface area contributed by atoms with Crippen molar-refractivity contribution in [1.82, 2.24) is 4.98 Å². The van der Waals surface area contributed by atoms with Gasteiger partial charge >= 0.3 is 0 Å². The Morgan fingerprint density at radius 1 is 1.17 bits per heavy atom. The van der Waals surface area contributed by atoms with Crippen molar-refractivity contribution in [2.24, 2.45) is 5.41 Å². The first kappa shape index (κ1) is 21.2. The molecule has 0 fully saturated rings. The average molecular weight is 410 g/mol. The molecular formula is C26H32FNO2. The highest BCUT2D eigenvalue weighted by atomic mass is 19.1. The van der Waals surface area contributed by atoms with Crippen LogP contribution in [0.15, 0.2) is 30.3 Å². The Morgan fingerprint density at radius 3 is 2.47 bits per heavy atom. The van der Waals surface area contributed by atoms with Crippen LogP contribution in [0.25, 0.3) is 5.57 Å². The van der Waals surface area contributed by atoms with Gasteiger partial charge in [-0.3, -0.25) is 4.98 Å². The number of benzene rings is 1. The molecule has 1 aromatic carbocycles. The lowest BCUT2D eigenvalue weighted by Crippen LogP contribution is -2.29. The average Bonchev–Trinajstić information content (AvgIpc) is 3.20. The van der Waals surface area contributed by atoms with Crippen molar-refractivity contribution >= 4 is 5.57 Å². The third-order valence-electron chi connectivity index (χ3n) is 6.47. The third-order valence-corrected chi connectivity index (χ3v) is 6.47. The summed E-state index contributed by atoms with van der Waals surface area (Å²) < 4.78 is 13.5. The lowest BCUT2D eigenvalue weighted by molar-refractivity contribution is 0.0972. The molecule has 2 atom stereocenters. The first-order chi connectivity index (χ1) is 14.2. The molecule has 2 aliphatic rings. The predicted octanol–water partition coefficient (Wildman–Crippen LogP) is 6.00. The quantitative estimate of drug-likeness (QED) is 0.651. The van der Waals surface area contributed by atoms with Crippen LogP contribution >= 0.6 is 0 Å². The molecule has 0 saturated carbocycles. The molecule has 2 aliphatic carbocycles. The molecule has 2 N–H and O–H groups in total. The van der Waals surface area contributed by atoms with Crippen LogP contribution in [0.4, 0.5) is 4.39 Å². The van der Waals surface area contributed by atoms with E-state index in [0.29, 0.717) is 12.0 Å². The maximum absolute atomic E-state index is 13.5. The van der Waals surface area contributed by atoms with Crippen molar-refractivity contribution in [2.75, 3.05) is 0 Å². The summed E-state index contributed by atoms with van der Waals surface area (Å²) >= 11 is 0. The third kappa shape index (κ3) is 3.83. The van der Waals surface area contributed by atoms with Crippen LogP contribution in [-0.4, -0.2) is 15.2 Å². The number of aliphatic hydroxyl groups excluding tert-OH is 2. The van der Waals surface area contributed by atoms with Gasteiger partial charge in [0.2, 0.25) is 0 Å². The second kappa shape index (κ2) is 7.90. The Morgan fingerprint density at radius 2 is 1.87 bits per heavy atom. The minimum absolute atomic E-state index is 0.0217. The first-order valence-corrected chi connectivity index (χ1v) is 11.1. The van der Waals surface area contributed by atoms with Crippen LogP contribution in [0, 0.1) is 11.2 Å². The number of pyridine rings is 1. The Labute approximate surface area is 178 Å². The molecule has 0 aliphatic heterocycles. The van der Waals surface area contributed by atoms with Crippen molar-refractivity contribution in [1.29, 1.82) is 0 Å². The normalized spacial score (nSPS) is 21.5. The standard InChI is InChI=1S/C26H32FNO2/c1-15(2)24-23(25(30)17-9-11-18(27)12-10-17)21(16-7-5-6-8-16)22-19(28-24)13-26(3,4)14-20(22)29/h7,9-12,15,20,25,29-30H,5-6,8,13-14H2,1-4H3. The van der Waals surface area contributed by atoms with E-state index in [1.807, 2.05) is 0 Å². The van der Waals surface area contributed by atoms with Crippen molar-refractivity contribution in [3.8, 4) is 0 Å². The summed E-state index contributed by atoms with van der Waals surface area (Å²) in [7, 11) is 0. The highest BCUT2D eigenvalue weighted by Gasteiger charge is 2.38. The summed E-state index contributed by atoms with van der Waals surface area (Å²) in [4.78, 5) is 5.03. The van der Waals surface area contributed by atoms with Crippen molar-refractivity contribution in [3.05, 3.63) is 69.8 Å². The summed E-state index contributed by atoms with van der Waals surface area (Å²) in [6.45, 7) is 8.52. The van der Waals surface area contributed by atoms with Gasteiger partial charge in [0, 0.05) is 22.5 Å². The number of allylic oxidation sites excluding steroid dienone is 2. The fourth-order valence-corrected chi connectivity index (χ4v) is 5.10. The van der Waals surface area contributed by atoms with E-state index in [9.17, 15) is 14.6 Å². The Bertz CT molecular complexity index is 976. The van der Waals surface area contributed by atoms with Crippen LogP contribution in [0.3, 0.4) is 0 Å². The van der Waals surface area contributed by atoms with E-state index in [2.05, 4.69) is 33.8 Å². The minimum atomic E-state index is -0.917. The fraction of sp³-hybridized carbons (Fsp3) is 0.500. The number of rotatable bonds is 4. The van der Waals surface area contributed by atoms with Gasteiger partial charge < -0.3 is 10.2 Å². The second-order valence-electron chi connectivity index (χ2n) is 9.94. The molecule has 4 rings (SSSR count). The van der Waals surface area contributed by atoms with E-state index < -0.39 is 12.2 Å². The number of halogens is 1. The SMILES string of the molecule is CC(C)c1nc2c(c(C3=CCCC3)c1C(O)c1ccc(F)cc1)C(O)CC(C)(C)C2. The first-order valence-electron chi connectivity index (χ1n) is 11.1. The zero-order chi connectivity index (χ0) is 21.6. The van der Waals surface area contributed by atoms with Crippen LogP contribution in [0.5, 0.6) is 0 Å². The number of nitrogens with zero attached hydrogens (tertiary/aromatic N) is 1. The molecule has 3 nitrogen and oxygen atoms in total. The van der Waals surface area contributed by atoms with Gasteiger partial charge in [0.25, 0.3) is 0 Å². The summed E-state index contributed by atoms with van der Waals surface area (Å²) in [6.07, 6.45) is 5.24. The van der Waals surface area contributed by atoms with Gasteiger partial charge in [-0.1, -0.05) is 45.9 Å². The van der Waals surface area contributed by atoms with Crippen LogP contribution < -0.4 is 0 Å². The molecule has 0 bridgehead atoms. The van der Waals surface area contributed by atoms with E-state index in [-0.39, 0.29) is 17.2 Å². The number of hydrogen-bond acceptors (Lipinski definition) is 3. The maximum Gasteiger partial charge on any atom is 0.123 e. The molecule has 4 heteroatoms. The number of hydrogen-bond donors (Lipinski definition) is 2. The number of aromatic nitrogens is 1. The zero-order valence-electron chi connectivity index (χ0n) is 18.4. The van der Waals surface area contributed by atoms with Crippen molar-refractivity contribution < 1.29 is 14.6 Å². The highest BCUT2D eigenvalue weighted by molar-refractivity contribution is 5.75. The van der Waals surface area contributed by atoms with Gasteiger partial charge in [-0.05, 0) is 72.3 Å². The van der Waals surface area contributed by atoms with Gasteiger partial charge in [0.05, 0.1) is 6.10 Å². The van der Waals surface area contributed by atoms with Crippen molar-refractivity contribution in [3.63, 3.8) is 0 Å². The minimum Gasteiger partial charge on any atom is -0.388 e. The summed E-state index contributed by atoms with van der Waals surface area (Å²) in [5, 5.41) is 22.7. The molecule has 30 heavy (non-hydrogen) atoms.